The first-order chi connectivity index (χ1) is 6.63. The molecule has 0 spiro atoms. The first-order valence-corrected chi connectivity index (χ1v) is 4.46. The molecule has 0 aliphatic rings. The smallest absolute Gasteiger partial charge is 0.271 e. The Labute approximate surface area is 83.1 Å². The highest BCUT2D eigenvalue weighted by Crippen LogP contribution is 1.96. The van der Waals surface area contributed by atoms with Crippen LogP contribution in [0.2, 0.25) is 0 Å². The van der Waals surface area contributed by atoms with Crippen molar-refractivity contribution in [2.75, 3.05) is 7.11 Å². The van der Waals surface area contributed by atoms with E-state index in [4.69, 9.17) is 4.74 Å². The second kappa shape index (κ2) is 4.76. The molecule has 0 aliphatic carbocycles. The van der Waals surface area contributed by atoms with Crippen LogP contribution in [-0.4, -0.2) is 28.8 Å². The summed E-state index contributed by atoms with van der Waals surface area (Å²) in [6, 6.07) is 1.78. The minimum atomic E-state index is -0.158. The van der Waals surface area contributed by atoms with E-state index in [1.165, 1.54) is 0 Å². The van der Waals surface area contributed by atoms with Crippen LogP contribution in [0.1, 0.15) is 24.3 Å². The highest BCUT2D eigenvalue weighted by Gasteiger charge is 2.09. The quantitative estimate of drug-likeness (QED) is 0.770. The van der Waals surface area contributed by atoms with Gasteiger partial charge in [0.05, 0.1) is 0 Å². The molecule has 1 amide bonds. The van der Waals surface area contributed by atoms with Gasteiger partial charge in [0.1, 0.15) is 12.4 Å². The van der Waals surface area contributed by atoms with E-state index in [1.807, 2.05) is 13.8 Å². The van der Waals surface area contributed by atoms with Crippen LogP contribution in [-0.2, 0) is 11.5 Å². The zero-order valence-corrected chi connectivity index (χ0v) is 8.65. The first kappa shape index (κ1) is 10.7. The fraction of sp³-hybridized carbons (Fsp3) is 0.556. The maximum absolute atomic E-state index is 11.4. The zero-order chi connectivity index (χ0) is 10.6. The average molecular weight is 197 g/mol. The number of aromatic nitrogens is 2. The van der Waals surface area contributed by atoms with Crippen molar-refractivity contribution < 1.29 is 9.53 Å². The van der Waals surface area contributed by atoms with Crippen molar-refractivity contribution in [2.24, 2.45) is 0 Å². The van der Waals surface area contributed by atoms with Crippen molar-refractivity contribution >= 4 is 5.91 Å². The largest absolute Gasteiger partial charge is 0.362 e. The number of nitrogens with one attached hydrogen (secondary N) is 1. The van der Waals surface area contributed by atoms with Crippen LogP contribution >= 0.6 is 0 Å². The van der Waals surface area contributed by atoms with Crippen molar-refractivity contribution in [1.29, 1.82) is 0 Å². The molecule has 0 bridgehead atoms. The van der Waals surface area contributed by atoms with Crippen LogP contribution in [0.15, 0.2) is 12.3 Å². The van der Waals surface area contributed by atoms with Crippen LogP contribution in [0, 0.1) is 0 Å². The number of nitrogens with zero attached hydrogens (tertiary/aromatic N) is 2. The van der Waals surface area contributed by atoms with E-state index in [9.17, 15) is 4.79 Å². The van der Waals surface area contributed by atoms with E-state index in [1.54, 1.807) is 24.1 Å². The third-order valence-corrected chi connectivity index (χ3v) is 1.55. The van der Waals surface area contributed by atoms with Gasteiger partial charge in [0.25, 0.3) is 5.91 Å². The summed E-state index contributed by atoms with van der Waals surface area (Å²) in [6.07, 6.45) is 1.71. The first-order valence-electron chi connectivity index (χ1n) is 4.46. The number of ether oxygens (including phenoxy) is 1. The van der Waals surface area contributed by atoms with Gasteiger partial charge in [-0.2, -0.15) is 5.10 Å². The zero-order valence-electron chi connectivity index (χ0n) is 8.65. The fourth-order valence-electron chi connectivity index (χ4n) is 1.02. The van der Waals surface area contributed by atoms with Gasteiger partial charge in [-0.15, -0.1) is 0 Å². The lowest BCUT2D eigenvalue weighted by molar-refractivity contribution is 0.0930. The summed E-state index contributed by atoms with van der Waals surface area (Å²) in [5, 5.41) is 6.79. The van der Waals surface area contributed by atoms with E-state index in [2.05, 4.69) is 10.4 Å². The Hall–Kier alpha value is -1.36. The van der Waals surface area contributed by atoms with Gasteiger partial charge >= 0.3 is 0 Å². The maximum Gasteiger partial charge on any atom is 0.271 e. The normalized spacial score (nSPS) is 10.6. The minimum absolute atomic E-state index is 0.120. The van der Waals surface area contributed by atoms with Crippen molar-refractivity contribution in [3.63, 3.8) is 0 Å². The molecule has 1 N–H and O–H groups in total. The standard InChI is InChI=1S/C9H15N3O2/c1-7(2)10-9(13)8-4-5-12(11-8)6-14-3/h4-5,7H,6H2,1-3H3,(H,10,13). The van der Waals surface area contributed by atoms with Gasteiger partial charge in [0.2, 0.25) is 0 Å². The lowest BCUT2D eigenvalue weighted by Gasteiger charge is -2.05. The number of hydrogen-bond donors (Lipinski definition) is 1. The number of rotatable bonds is 4. The van der Waals surface area contributed by atoms with E-state index in [0.29, 0.717) is 12.4 Å². The molecular weight excluding hydrogens is 182 g/mol. The van der Waals surface area contributed by atoms with Crippen LogP contribution in [0.25, 0.3) is 0 Å². The van der Waals surface area contributed by atoms with Crippen LogP contribution in [0.4, 0.5) is 0 Å². The molecular formula is C9H15N3O2. The molecule has 0 aromatic carbocycles. The number of methoxy groups -OCH3 is 1. The summed E-state index contributed by atoms with van der Waals surface area (Å²) < 4.78 is 6.44. The summed E-state index contributed by atoms with van der Waals surface area (Å²) in [4.78, 5) is 11.4. The molecule has 0 fully saturated rings. The fourth-order valence-corrected chi connectivity index (χ4v) is 1.02. The van der Waals surface area contributed by atoms with Gasteiger partial charge in [-0.1, -0.05) is 0 Å². The summed E-state index contributed by atoms with van der Waals surface area (Å²) in [5.74, 6) is -0.158. The van der Waals surface area contributed by atoms with E-state index >= 15 is 0 Å². The topological polar surface area (TPSA) is 56.1 Å². The van der Waals surface area contributed by atoms with Crippen molar-refractivity contribution in [2.45, 2.75) is 26.6 Å². The van der Waals surface area contributed by atoms with Gasteiger partial charge in [-0.05, 0) is 19.9 Å². The molecule has 1 aromatic heterocycles. The van der Waals surface area contributed by atoms with Gasteiger partial charge < -0.3 is 10.1 Å². The molecule has 1 heterocycles. The highest BCUT2D eigenvalue weighted by molar-refractivity contribution is 5.92. The molecule has 0 saturated heterocycles. The molecule has 5 heteroatoms. The Morgan fingerprint density at radius 1 is 1.71 bits per heavy atom. The van der Waals surface area contributed by atoms with Crippen molar-refractivity contribution in [3.8, 4) is 0 Å². The molecule has 1 aromatic rings. The number of hydrogen-bond acceptors (Lipinski definition) is 3. The van der Waals surface area contributed by atoms with Crippen LogP contribution in [0.3, 0.4) is 0 Å². The van der Waals surface area contributed by atoms with E-state index in [0.717, 1.165) is 0 Å². The van der Waals surface area contributed by atoms with Crippen LogP contribution < -0.4 is 5.32 Å². The molecule has 0 saturated carbocycles. The van der Waals surface area contributed by atoms with Crippen LogP contribution in [0.5, 0.6) is 0 Å². The predicted molar refractivity (Wildman–Crippen MR) is 51.8 cm³/mol. The summed E-state index contributed by atoms with van der Waals surface area (Å²) in [6.45, 7) is 4.17. The molecule has 1 rings (SSSR count). The lowest BCUT2D eigenvalue weighted by atomic mass is 10.3. The Kier molecular flexibility index (Phi) is 3.64. The maximum atomic E-state index is 11.4. The summed E-state index contributed by atoms with van der Waals surface area (Å²) in [5.41, 5.74) is 0.413. The molecule has 5 nitrogen and oxygen atoms in total. The SMILES string of the molecule is COCn1ccc(C(=O)NC(C)C)n1. The molecule has 0 aliphatic heterocycles. The Morgan fingerprint density at radius 2 is 2.43 bits per heavy atom. The molecule has 0 atom stereocenters. The summed E-state index contributed by atoms with van der Waals surface area (Å²) in [7, 11) is 1.58. The second-order valence-electron chi connectivity index (χ2n) is 3.29. The third-order valence-electron chi connectivity index (χ3n) is 1.55. The molecule has 14 heavy (non-hydrogen) atoms. The monoisotopic (exact) mass is 197 g/mol. The highest BCUT2D eigenvalue weighted by atomic mass is 16.5. The second-order valence-corrected chi connectivity index (χ2v) is 3.29. The average Bonchev–Trinajstić information content (AvgIpc) is 2.52. The summed E-state index contributed by atoms with van der Waals surface area (Å²) >= 11 is 0. The van der Waals surface area contributed by atoms with Gasteiger partial charge in [-0.3, -0.25) is 4.79 Å². The molecule has 0 radical (unpaired) electrons. The number of carbonyl (C=O) groups is 1. The number of amides is 1. The van der Waals surface area contributed by atoms with Gasteiger partial charge in [0.15, 0.2) is 0 Å². The van der Waals surface area contributed by atoms with Crippen molar-refractivity contribution in [1.82, 2.24) is 15.1 Å². The van der Waals surface area contributed by atoms with Crippen molar-refractivity contribution in [3.05, 3.63) is 18.0 Å². The number of carbonyl (C=O) groups excluding carboxylic acids is 1. The molecule has 78 valence electrons. The van der Waals surface area contributed by atoms with E-state index in [-0.39, 0.29) is 11.9 Å². The van der Waals surface area contributed by atoms with Gasteiger partial charge in [0, 0.05) is 19.3 Å². The predicted octanol–water partition coefficient (Wildman–Crippen LogP) is 0.625. The Bertz CT molecular complexity index is 307. The van der Waals surface area contributed by atoms with Gasteiger partial charge in [-0.25, -0.2) is 4.68 Å². The minimum Gasteiger partial charge on any atom is -0.362 e. The Balaban J connectivity index is 2.62. The van der Waals surface area contributed by atoms with E-state index < -0.39 is 0 Å². The third kappa shape index (κ3) is 2.85. The Morgan fingerprint density at radius 3 is 3.00 bits per heavy atom. The molecule has 0 unspecified atom stereocenters. The lowest BCUT2D eigenvalue weighted by Crippen LogP contribution is -2.30.